The standard InChI is InChI=1S/C66H106O6/c1-4-7-10-13-16-19-22-25-28-30-32-33-35-36-38-41-44-47-50-53-56-59-65(68)71-62-63(61-70-64(67)58-55-52-49-46-43-40-27-24-21-18-15-12-9-6-3)72-66(69)60-57-54-51-48-45-42-39-37-34-31-29-26-23-20-17-14-11-8-5-2/h7-8,10-11,15-20,24-29,32-34,36-38,63H,4-6,9,12-14,21-23,30-31,35,39-62H2,1-3H3/b10-7-,11-8-,18-15-,19-16-,20-17-,27-24-,28-25-,29-26-,33-32-,37-34-,38-36-. The fourth-order valence-corrected chi connectivity index (χ4v) is 7.53. The average molecular weight is 996 g/mol. The number of ether oxygens (including phenoxy) is 3. The molecule has 0 bridgehead atoms. The minimum absolute atomic E-state index is 0.102. The van der Waals surface area contributed by atoms with Gasteiger partial charge in [-0.3, -0.25) is 14.4 Å². The third kappa shape index (κ3) is 56.5. The van der Waals surface area contributed by atoms with Crippen molar-refractivity contribution in [1.82, 2.24) is 0 Å². The summed E-state index contributed by atoms with van der Waals surface area (Å²) in [4.78, 5) is 38.2. The molecule has 0 aromatic rings. The summed E-state index contributed by atoms with van der Waals surface area (Å²) in [6.45, 7) is 6.33. The van der Waals surface area contributed by atoms with Crippen LogP contribution in [0.4, 0.5) is 0 Å². The number of rotatable bonds is 51. The summed E-state index contributed by atoms with van der Waals surface area (Å²) in [6, 6.07) is 0. The van der Waals surface area contributed by atoms with Crippen LogP contribution in [0.2, 0.25) is 0 Å². The minimum Gasteiger partial charge on any atom is -0.462 e. The van der Waals surface area contributed by atoms with Crippen LogP contribution < -0.4 is 0 Å². The van der Waals surface area contributed by atoms with Crippen molar-refractivity contribution in [3.63, 3.8) is 0 Å². The molecular weight excluding hydrogens is 889 g/mol. The van der Waals surface area contributed by atoms with Gasteiger partial charge in [-0.15, -0.1) is 0 Å². The van der Waals surface area contributed by atoms with E-state index in [1.54, 1.807) is 0 Å². The van der Waals surface area contributed by atoms with E-state index in [0.29, 0.717) is 19.3 Å². The summed E-state index contributed by atoms with van der Waals surface area (Å²) in [5, 5.41) is 0. The van der Waals surface area contributed by atoms with E-state index in [1.807, 2.05) is 0 Å². The Morgan fingerprint density at radius 2 is 0.542 bits per heavy atom. The van der Waals surface area contributed by atoms with Gasteiger partial charge in [0.1, 0.15) is 13.2 Å². The maximum Gasteiger partial charge on any atom is 0.306 e. The smallest absolute Gasteiger partial charge is 0.306 e. The molecule has 0 saturated carbocycles. The second kappa shape index (κ2) is 59.1. The lowest BCUT2D eigenvalue weighted by Crippen LogP contribution is -2.30. The van der Waals surface area contributed by atoms with Crippen molar-refractivity contribution in [1.29, 1.82) is 0 Å². The predicted octanol–water partition coefficient (Wildman–Crippen LogP) is 19.8. The van der Waals surface area contributed by atoms with Crippen LogP contribution in [-0.4, -0.2) is 37.2 Å². The Kier molecular flexibility index (Phi) is 55.5. The van der Waals surface area contributed by atoms with E-state index in [9.17, 15) is 14.4 Å². The molecule has 0 amide bonds. The van der Waals surface area contributed by atoms with Gasteiger partial charge in [0.05, 0.1) is 0 Å². The zero-order valence-corrected chi connectivity index (χ0v) is 46.4. The van der Waals surface area contributed by atoms with Crippen molar-refractivity contribution < 1.29 is 28.6 Å². The van der Waals surface area contributed by atoms with Crippen LogP contribution in [0, 0.1) is 0 Å². The van der Waals surface area contributed by atoms with Gasteiger partial charge in [-0.1, -0.05) is 231 Å². The maximum atomic E-state index is 12.9. The van der Waals surface area contributed by atoms with Crippen LogP contribution >= 0.6 is 0 Å². The molecule has 0 aliphatic heterocycles. The fourth-order valence-electron chi connectivity index (χ4n) is 7.53. The Hall–Kier alpha value is -4.45. The van der Waals surface area contributed by atoms with Gasteiger partial charge in [0.25, 0.3) is 0 Å². The van der Waals surface area contributed by atoms with Gasteiger partial charge in [0.15, 0.2) is 6.10 Å². The van der Waals surface area contributed by atoms with Gasteiger partial charge in [0, 0.05) is 19.3 Å². The van der Waals surface area contributed by atoms with E-state index in [0.717, 1.165) is 173 Å². The van der Waals surface area contributed by atoms with Gasteiger partial charge < -0.3 is 14.2 Å². The van der Waals surface area contributed by atoms with Crippen LogP contribution in [0.25, 0.3) is 0 Å². The summed E-state index contributed by atoms with van der Waals surface area (Å²) < 4.78 is 16.8. The molecule has 0 N–H and O–H groups in total. The highest BCUT2D eigenvalue weighted by Gasteiger charge is 2.19. The highest BCUT2D eigenvalue weighted by Crippen LogP contribution is 2.14. The number of hydrogen-bond acceptors (Lipinski definition) is 6. The van der Waals surface area contributed by atoms with E-state index in [4.69, 9.17) is 14.2 Å². The van der Waals surface area contributed by atoms with Crippen LogP contribution in [0.5, 0.6) is 0 Å². The molecule has 0 rings (SSSR count). The Balaban J connectivity index is 4.48. The molecule has 0 heterocycles. The van der Waals surface area contributed by atoms with Crippen molar-refractivity contribution in [2.45, 2.75) is 252 Å². The van der Waals surface area contributed by atoms with E-state index in [2.05, 4.69) is 154 Å². The molecule has 1 unspecified atom stereocenters. The van der Waals surface area contributed by atoms with Crippen LogP contribution in [0.15, 0.2) is 134 Å². The lowest BCUT2D eigenvalue weighted by molar-refractivity contribution is -0.167. The van der Waals surface area contributed by atoms with Gasteiger partial charge >= 0.3 is 17.9 Å². The zero-order valence-electron chi connectivity index (χ0n) is 46.4. The molecule has 0 aliphatic carbocycles. The van der Waals surface area contributed by atoms with E-state index < -0.39 is 6.10 Å². The highest BCUT2D eigenvalue weighted by molar-refractivity contribution is 5.71. The Labute approximate surface area is 443 Å². The third-order valence-electron chi connectivity index (χ3n) is 11.9. The van der Waals surface area contributed by atoms with Gasteiger partial charge in [-0.05, 0) is 128 Å². The lowest BCUT2D eigenvalue weighted by atomic mass is 10.1. The van der Waals surface area contributed by atoms with Crippen molar-refractivity contribution in [2.75, 3.05) is 13.2 Å². The molecule has 0 aliphatic rings. The first-order valence-electron chi connectivity index (χ1n) is 29.2. The number of hydrogen-bond donors (Lipinski definition) is 0. The molecule has 406 valence electrons. The van der Waals surface area contributed by atoms with Crippen molar-refractivity contribution in [2.24, 2.45) is 0 Å². The summed E-state index contributed by atoms with van der Waals surface area (Å²) in [7, 11) is 0. The molecule has 0 spiro atoms. The van der Waals surface area contributed by atoms with Crippen LogP contribution in [0.1, 0.15) is 245 Å². The molecule has 72 heavy (non-hydrogen) atoms. The SMILES string of the molecule is CC/C=C\C/C=C\C/C=C\C/C=C\C/C=C\CCCCCCCC(=O)OCC(COC(=O)CCCCCCC/C=C\C/C=C\CCCC)OC(=O)CCCCCCCC/C=C\C/C=C\C/C=C\C/C=C\CC. The van der Waals surface area contributed by atoms with E-state index in [1.165, 1.54) is 32.1 Å². The maximum absolute atomic E-state index is 12.9. The highest BCUT2D eigenvalue weighted by atomic mass is 16.6. The predicted molar refractivity (Wildman–Crippen MR) is 311 cm³/mol. The molecule has 0 aromatic heterocycles. The average Bonchev–Trinajstić information content (AvgIpc) is 3.38. The Bertz CT molecular complexity index is 1560. The third-order valence-corrected chi connectivity index (χ3v) is 11.9. The fraction of sp³-hybridized carbons (Fsp3) is 0.621. The molecule has 6 nitrogen and oxygen atoms in total. The first kappa shape index (κ1) is 67.5. The summed E-state index contributed by atoms with van der Waals surface area (Å²) in [5.74, 6) is -0.951. The Morgan fingerprint density at radius 1 is 0.292 bits per heavy atom. The number of carbonyl (C=O) groups excluding carboxylic acids is 3. The van der Waals surface area contributed by atoms with Gasteiger partial charge in [-0.2, -0.15) is 0 Å². The van der Waals surface area contributed by atoms with Crippen molar-refractivity contribution in [3.8, 4) is 0 Å². The number of unbranched alkanes of at least 4 members (excludes halogenated alkanes) is 18. The van der Waals surface area contributed by atoms with E-state index >= 15 is 0 Å². The minimum atomic E-state index is -0.806. The van der Waals surface area contributed by atoms with Gasteiger partial charge in [0.2, 0.25) is 0 Å². The van der Waals surface area contributed by atoms with Crippen molar-refractivity contribution in [3.05, 3.63) is 134 Å². The lowest BCUT2D eigenvalue weighted by Gasteiger charge is -2.18. The van der Waals surface area contributed by atoms with E-state index in [-0.39, 0.29) is 31.1 Å². The topological polar surface area (TPSA) is 78.9 Å². The van der Waals surface area contributed by atoms with Crippen LogP contribution in [-0.2, 0) is 28.6 Å². The number of allylic oxidation sites excluding steroid dienone is 22. The van der Waals surface area contributed by atoms with Crippen molar-refractivity contribution >= 4 is 17.9 Å². The largest absolute Gasteiger partial charge is 0.462 e. The number of carbonyl (C=O) groups is 3. The van der Waals surface area contributed by atoms with Gasteiger partial charge in [-0.25, -0.2) is 0 Å². The molecule has 0 saturated heterocycles. The molecule has 6 heteroatoms. The van der Waals surface area contributed by atoms with Crippen LogP contribution in [0.3, 0.4) is 0 Å². The summed E-state index contributed by atoms with van der Waals surface area (Å²) in [6.07, 6.45) is 82.9. The Morgan fingerprint density at radius 3 is 0.847 bits per heavy atom. The first-order valence-corrected chi connectivity index (χ1v) is 29.2. The molecule has 0 fully saturated rings. The summed E-state index contributed by atoms with van der Waals surface area (Å²) >= 11 is 0. The molecule has 1 atom stereocenters. The summed E-state index contributed by atoms with van der Waals surface area (Å²) in [5.41, 5.74) is 0. The first-order chi connectivity index (χ1) is 35.5. The normalized spacial score (nSPS) is 13.1. The second-order valence-corrected chi connectivity index (χ2v) is 18.8. The zero-order chi connectivity index (χ0) is 52.2. The molecule has 0 aromatic carbocycles. The second-order valence-electron chi connectivity index (χ2n) is 18.8. The number of esters is 3. The molecular formula is C66H106O6. The monoisotopic (exact) mass is 995 g/mol. The quantitative estimate of drug-likeness (QED) is 0.0261. The molecule has 0 radical (unpaired) electrons.